The molecule has 0 radical (unpaired) electrons. The van der Waals surface area contributed by atoms with Crippen molar-refractivity contribution in [2.45, 2.75) is 91.7 Å². The number of hydrogen-bond donors (Lipinski definition) is 2. The number of benzene rings is 1. The molecule has 0 aliphatic carbocycles. The number of rotatable bonds is 15. The molecule has 4 atom stereocenters. The van der Waals surface area contributed by atoms with Gasteiger partial charge in [0.25, 0.3) is 0 Å². The summed E-state index contributed by atoms with van der Waals surface area (Å²) >= 11 is 0. The van der Waals surface area contributed by atoms with E-state index in [-0.39, 0.29) is 42.8 Å². The molecule has 0 heterocycles. The van der Waals surface area contributed by atoms with E-state index in [1.807, 2.05) is 13.8 Å². The maximum atomic E-state index is 12.6. The molecule has 1 aromatic rings. The van der Waals surface area contributed by atoms with Crippen molar-refractivity contribution >= 4 is 24.1 Å². The molecular weight excluding hydrogens is 482 g/mol. The molecule has 10 heteroatoms. The summed E-state index contributed by atoms with van der Waals surface area (Å²) in [5, 5.41) is 9.86. The number of hydrogen-bond acceptors (Lipinski definition) is 9. The maximum Gasteiger partial charge on any atom is 0.508 e. The number of carboxylic acid groups (broad SMARTS) is 1. The summed E-state index contributed by atoms with van der Waals surface area (Å²) in [6.07, 6.45) is 0.715. The Labute approximate surface area is 218 Å². The van der Waals surface area contributed by atoms with Crippen LogP contribution >= 0.6 is 0 Å². The third-order valence-electron chi connectivity index (χ3n) is 5.83. The number of carbonyl (C=O) groups is 4. The van der Waals surface area contributed by atoms with Gasteiger partial charge in [0.15, 0.2) is 11.5 Å². The van der Waals surface area contributed by atoms with Crippen molar-refractivity contribution in [1.29, 1.82) is 0 Å². The normalized spacial score (nSPS) is 15.0. The fraction of sp³-hybridized carbons (Fsp3) is 0.630. The fourth-order valence-electron chi connectivity index (χ4n) is 3.82. The largest absolute Gasteiger partial charge is 0.508 e. The Hall–Kier alpha value is -3.14. The van der Waals surface area contributed by atoms with Crippen LogP contribution < -0.4 is 15.2 Å². The van der Waals surface area contributed by atoms with Crippen LogP contribution in [0.4, 0.5) is 4.79 Å². The van der Waals surface area contributed by atoms with E-state index in [0.717, 1.165) is 12.8 Å². The van der Waals surface area contributed by atoms with E-state index in [1.54, 1.807) is 26.8 Å². The summed E-state index contributed by atoms with van der Waals surface area (Å²) in [6.45, 7) is 10.7. The SMILES string of the molecule is CCCC(C)C(=O)Oc1ccc(CC(N)(C[C@H](C)OC(=O)OCC)C(=O)O)cc1OC(=O)C(C)CCC. The van der Waals surface area contributed by atoms with Crippen LogP contribution in [-0.2, 0) is 30.3 Å². The van der Waals surface area contributed by atoms with E-state index in [2.05, 4.69) is 0 Å². The van der Waals surface area contributed by atoms with Crippen molar-refractivity contribution in [3.8, 4) is 11.5 Å². The zero-order valence-electron chi connectivity index (χ0n) is 22.7. The number of ether oxygens (including phenoxy) is 4. The van der Waals surface area contributed by atoms with Crippen molar-refractivity contribution in [3.05, 3.63) is 23.8 Å². The van der Waals surface area contributed by atoms with Crippen molar-refractivity contribution in [2.75, 3.05) is 6.61 Å². The highest BCUT2D eigenvalue weighted by Crippen LogP contribution is 2.32. The van der Waals surface area contributed by atoms with Gasteiger partial charge in [-0.25, -0.2) is 4.79 Å². The first-order valence-corrected chi connectivity index (χ1v) is 12.8. The average Bonchev–Trinajstić information content (AvgIpc) is 2.80. The van der Waals surface area contributed by atoms with E-state index in [0.29, 0.717) is 18.4 Å². The summed E-state index contributed by atoms with van der Waals surface area (Å²) in [5.41, 5.74) is 4.85. The number of carbonyl (C=O) groups excluding carboxylic acids is 3. The molecule has 208 valence electrons. The van der Waals surface area contributed by atoms with Gasteiger partial charge in [0.05, 0.1) is 18.4 Å². The minimum atomic E-state index is -1.81. The first kappa shape index (κ1) is 31.9. The summed E-state index contributed by atoms with van der Waals surface area (Å²) in [4.78, 5) is 48.9. The second kappa shape index (κ2) is 15.2. The van der Waals surface area contributed by atoms with Gasteiger partial charge in [-0.2, -0.15) is 0 Å². The van der Waals surface area contributed by atoms with Gasteiger partial charge in [0.2, 0.25) is 0 Å². The smallest absolute Gasteiger partial charge is 0.480 e. The summed E-state index contributed by atoms with van der Waals surface area (Å²) < 4.78 is 20.9. The molecule has 0 bridgehead atoms. The molecule has 0 spiro atoms. The van der Waals surface area contributed by atoms with Crippen molar-refractivity contribution in [2.24, 2.45) is 17.6 Å². The van der Waals surface area contributed by atoms with Gasteiger partial charge in [-0.1, -0.05) is 46.6 Å². The van der Waals surface area contributed by atoms with Crippen LogP contribution in [-0.4, -0.2) is 47.4 Å². The van der Waals surface area contributed by atoms with Gasteiger partial charge < -0.3 is 29.8 Å². The van der Waals surface area contributed by atoms with Crippen LogP contribution in [0.25, 0.3) is 0 Å². The molecule has 0 saturated heterocycles. The minimum Gasteiger partial charge on any atom is -0.480 e. The zero-order chi connectivity index (χ0) is 28.2. The Bertz CT molecular complexity index is 932. The first-order chi connectivity index (χ1) is 17.4. The molecule has 1 rings (SSSR count). The third-order valence-corrected chi connectivity index (χ3v) is 5.83. The number of carboxylic acids is 1. The van der Waals surface area contributed by atoms with Crippen LogP contribution in [0, 0.1) is 11.8 Å². The average molecular weight is 524 g/mol. The molecule has 0 aliphatic heterocycles. The highest BCUT2D eigenvalue weighted by atomic mass is 16.7. The first-order valence-electron chi connectivity index (χ1n) is 12.8. The third kappa shape index (κ3) is 10.4. The Morgan fingerprint density at radius 2 is 1.46 bits per heavy atom. The highest BCUT2D eigenvalue weighted by Gasteiger charge is 2.37. The summed E-state index contributed by atoms with van der Waals surface area (Å²) in [6, 6.07) is 4.46. The Kier molecular flexibility index (Phi) is 13.1. The molecule has 0 aromatic heterocycles. The maximum absolute atomic E-state index is 12.6. The number of nitrogens with two attached hydrogens (primary N) is 1. The zero-order valence-corrected chi connectivity index (χ0v) is 22.7. The van der Waals surface area contributed by atoms with Gasteiger partial charge in [-0.15, -0.1) is 0 Å². The van der Waals surface area contributed by atoms with Gasteiger partial charge >= 0.3 is 24.1 Å². The van der Waals surface area contributed by atoms with E-state index < -0.39 is 35.7 Å². The molecule has 0 fully saturated rings. The molecule has 0 aliphatic rings. The Morgan fingerprint density at radius 1 is 0.919 bits per heavy atom. The predicted octanol–water partition coefficient (Wildman–Crippen LogP) is 4.65. The second-order valence-corrected chi connectivity index (χ2v) is 9.46. The molecule has 3 N–H and O–H groups in total. The van der Waals surface area contributed by atoms with Gasteiger partial charge in [0.1, 0.15) is 11.6 Å². The molecule has 3 unspecified atom stereocenters. The van der Waals surface area contributed by atoms with E-state index in [4.69, 9.17) is 24.7 Å². The number of aliphatic carboxylic acids is 1. The molecular formula is C27H41NO9. The van der Waals surface area contributed by atoms with Crippen LogP contribution in [0.5, 0.6) is 11.5 Å². The molecule has 0 amide bonds. The Morgan fingerprint density at radius 3 is 1.95 bits per heavy atom. The monoisotopic (exact) mass is 523 g/mol. The van der Waals surface area contributed by atoms with Crippen LogP contribution in [0.1, 0.15) is 79.2 Å². The molecule has 10 nitrogen and oxygen atoms in total. The van der Waals surface area contributed by atoms with Crippen molar-refractivity contribution in [3.63, 3.8) is 0 Å². The highest BCUT2D eigenvalue weighted by molar-refractivity contribution is 5.80. The van der Waals surface area contributed by atoms with Gasteiger partial charge in [-0.3, -0.25) is 14.4 Å². The minimum absolute atomic E-state index is 0.00561. The summed E-state index contributed by atoms with van der Waals surface area (Å²) in [5.74, 6) is -2.92. The van der Waals surface area contributed by atoms with Crippen LogP contribution in [0.15, 0.2) is 18.2 Å². The quantitative estimate of drug-likeness (QED) is 0.245. The van der Waals surface area contributed by atoms with Crippen LogP contribution in [0.2, 0.25) is 0 Å². The van der Waals surface area contributed by atoms with Gasteiger partial charge in [0, 0.05) is 12.8 Å². The lowest BCUT2D eigenvalue weighted by atomic mass is 9.86. The molecule has 37 heavy (non-hydrogen) atoms. The molecule has 1 aromatic carbocycles. The van der Waals surface area contributed by atoms with E-state index >= 15 is 0 Å². The topological polar surface area (TPSA) is 151 Å². The standard InChI is InChI=1S/C27H41NO9/c1-7-10-17(4)23(29)36-21-13-12-20(14-22(21)37-24(30)18(5)11-8-2)16-27(28,25(31)32)15-19(6)35-26(33)34-9-3/h12-14,17-19H,7-11,15-16,28H2,1-6H3,(H,31,32)/t17?,18?,19-,27?/m0/s1. The second-order valence-electron chi connectivity index (χ2n) is 9.46. The number of esters is 2. The van der Waals surface area contributed by atoms with Crippen molar-refractivity contribution < 1.29 is 43.2 Å². The van der Waals surface area contributed by atoms with Gasteiger partial charge in [-0.05, 0) is 44.4 Å². The lowest BCUT2D eigenvalue weighted by molar-refractivity contribution is -0.145. The summed E-state index contributed by atoms with van der Waals surface area (Å²) in [7, 11) is 0. The lowest BCUT2D eigenvalue weighted by Crippen LogP contribution is -2.52. The fourth-order valence-corrected chi connectivity index (χ4v) is 3.82. The molecule has 0 saturated carbocycles. The predicted molar refractivity (Wildman–Crippen MR) is 136 cm³/mol. The van der Waals surface area contributed by atoms with E-state index in [1.165, 1.54) is 19.1 Å². The van der Waals surface area contributed by atoms with Crippen LogP contribution in [0.3, 0.4) is 0 Å². The lowest BCUT2D eigenvalue weighted by Gasteiger charge is -2.28. The Balaban J connectivity index is 3.25. The van der Waals surface area contributed by atoms with Crippen molar-refractivity contribution in [1.82, 2.24) is 0 Å². The van der Waals surface area contributed by atoms with E-state index in [9.17, 15) is 24.3 Å².